The Morgan fingerprint density at radius 1 is 1.47 bits per heavy atom. The lowest BCUT2D eigenvalue weighted by Crippen LogP contribution is -2.21. The van der Waals surface area contributed by atoms with Crippen LogP contribution in [0.2, 0.25) is 0 Å². The van der Waals surface area contributed by atoms with Gasteiger partial charge in [-0.05, 0) is 19.3 Å². The highest BCUT2D eigenvalue weighted by Crippen LogP contribution is 2.39. The van der Waals surface area contributed by atoms with Gasteiger partial charge in [-0.3, -0.25) is 10.1 Å². The predicted molar refractivity (Wildman–Crippen MR) is 70.9 cm³/mol. The summed E-state index contributed by atoms with van der Waals surface area (Å²) in [7, 11) is 0. The molecule has 0 aliphatic heterocycles. The van der Waals surface area contributed by atoms with Gasteiger partial charge in [-0.15, -0.1) is 0 Å². The molecule has 1 saturated carbocycles. The molecule has 1 heterocycles. The number of aromatic nitrogens is 2. The van der Waals surface area contributed by atoms with Crippen LogP contribution in [0.3, 0.4) is 0 Å². The van der Waals surface area contributed by atoms with E-state index in [0.717, 1.165) is 12.8 Å². The number of nitrogens with two attached hydrogens (primary N) is 1. The number of nitrogens with zero attached hydrogens (tertiary/aromatic N) is 3. The van der Waals surface area contributed by atoms with Crippen LogP contribution in [0, 0.1) is 10.1 Å². The quantitative estimate of drug-likeness (QED) is 0.627. The molecular weight excluding hydrogens is 248 g/mol. The predicted octanol–water partition coefficient (Wildman–Crippen LogP) is 1.76. The number of nitrogen functional groups attached to an aromatic ring is 1. The molecule has 2 rings (SSSR count). The summed E-state index contributed by atoms with van der Waals surface area (Å²) in [5, 5.41) is 25.5. The van der Waals surface area contributed by atoms with Gasteiger partial charge in [0.25, 0.3) is 0 Å². The van der Waals surface area contributed by atoms with Crippen molar-refractivity contribution in [1.29, 1.82) is 0 Å². The summed E-state index contributed by atoms with van der Waals surface area (Å²) >= 11 is 0. The summed E-state index contributed by atoms with van der Waals surface area (Å²) in [6.45, 7) is 5.57. The van der Waals surface area contributed by atoms with Crippen LogP contribution in [0.1, 0.15) is 51.8 Å². The molecule has 0 spiro atoms. The van der Waals surface area contributed by atoms with E-state index in [-0.39, 0.29) is 17.5 Å². The third-order valence-corrected chi connectivity index (χ3v) is 3.57. The number of anilines is 1. The van der Waals surface area contributed by atoms with Crippen molar-refractivity contribution in [3.63, 3.8) is 0 Å². The minimum Gasteiger partial charge on any atom is -0.391 e. The van der Waals surface area contributed by atoms with E-state index in [9.17, 15) is 15.2 Å². The minimum atomic E-state index is -0.533. The van der Waals surface area contributed by atoms with Gasteiger partial charge < -0.3 is 10.8 Å². The van der Waals surface area contributed by atoms with Crippen LogP contribution >= 0.6 is 0 Å². The van der Waals surface area contributed by atoms with E-state index in [4.69, 9.17) is 5.73 Å². The Kier molecular flexibility index (Phi) is 3.25. The van der Waals surface area contributed by atoms with Crippen molar-refractivity contribution in [2.75, 3.05) is 5.73 Å². The molecular formula is C12H20N4O3. The highest BCUT2D eigenvalue weighted by Gasteiger charge is 2.38. The van der Waals surface area contributed by atoms with Gasteiger partial charge in [0.15, 0.2) is 0 Å². The summed E-state index contributed by atoms with van der Waals surface area (Å²) in [4.78, 5) is 10.7. The van der Waals surface area contributed by atoms with Gasteiger partial charge in [0.2, 0.25) is 5.82 Å². The number of nitro groups is 1. The van der Waals surface area contributed by atoms with Crippen molar-refractivity contribution in [1.82, 2.24) is 9.78 Å². The minimum absolute atomic E-state index is 0.0425. The topological polar surface area (TPSA) is 107 Å². The summed E-state index contributed by atoms with van der Waals surface area (Å²) in [5.41, 5.74) is 5.66. The van der Waals surface area contributed by atoms with Gasteiger partial charge in [0.1, 0.15) is 5.69 Å². The molecule has 1 aromatic heterocycles. The lowest BCUT2D eigenvalue weighted by atomic mass is 9.91. The molecule has 0 amide bonds. The van der Waals surface area contributed by atoms with E-state index in [1.807, 2.05) is 20.8 Å². The molecule has 1 aromatic rings. The lowest BCUT2D eigenvalue weighted by molar-refractivity contribution is -0.385. The van der Waals surface area contributed by atoms with Crippen LogP contribution in [0.15, 0.2) is 0 Å². The molecule has 1 fully saturated rings. The molecule has 19 heavy (non-hydrogen) atoms. The van der Waals surface area contributed by atoms with Gasteiger partial charge in [-0.2, -0.15) is 5.10 Å². The number of rotatable bonds is 2. The first kappa shape index (κ1) is 13.8. The fraction of sp³-hybridized carbons (Fsp3) is 0.750. The standard InChI is InChI=1S/C12H20N4O3/c1-12(2,3)10-9(16(18)19)11(13)15(14-10)7-5-4-6-8(7)17/h7-8,17H,4-6,13H2,1-3H3. The average Bonchev–Trinajstić information content (AvgIpc) is 2.80. The summed E-state index contributed by atoms with van der Waals surface area (Å²) in [6, 6.07) is -0.255. The second kappa shape index (κ2) is 4.48. The fourth-order valence-electron chi connectivity index (χ4n) is 2.58. The second-order valence-electron chi connectivity index (χ2n) is 6.10. The Morgan fingerprint density at radius 3 is 2.47 bits per heavy atom. The maximum Gasteiger partial charge on any atom is 0.334 e. The molecule has 0 saturated heterocycles. The van der Waals surface area contributed by atoms with Gasteiger partial charge in [-0.25, -0.2) is 4.68 Å². The Hall–Kier alpha value is -1.63. The zero-order chi connectivity index (χ0) is 14.4. The monoisotopic (exact) mass is 268 g/mol. The van der Waals surface area contributed by atoms with Gasteiger partial charge in [0.05, 0.1) is 17.1 Å². The smallest absolute Gasteiger partial charge is 0.334 e. The first-order valence-electron chi connectivity index (χ1n) is 6.44. The van der Waals surface area contributed by atoms with E-state index < -0.39 is 16.4 Å². The molecule has 0 radical (unpaired) electrons. The molecule has 3 N–H and O–H groups in total. The lowest BCUT2D eigenvalue weighted by Gasteiger charge is -2.17. The van der Waals surface area contributed by atoms with Gasteiger partial charge >= 0.3 is 5.69 Å². The SMILES string of the molecule is CC(C)(C)c1nn(C2CCCC2O)c(N)c1[N+](=O)[O-]. The van der Waals surface area contributed by atoms with E-state index in [2.05, 4.69) is 5.10 Å². The molecule has 1 aliphatic rings. The number of hydrogen-bond donors (Lipinski definition) is 2. The van der Waals surface area contributed by atoms with E-state index >= 15 is 0 Å². The molecule has 7 nitrogen and oxygen atoms in total. The fourth-order valence-corrected chi connectivity index (χ4v) is 2.58. The van der Waals surface area contributed by atoms with E-state index in [1.165, 1.54) is 4.68 Å². The summed E-state index contributed by atoms with van der Waals surface area (Å²) < 4.78 is 1.44. The molecule has 0 aromatic carbocycles. The van der Waals surface area contributed by atoms with Crippen molar-refractivity contribution >= 4 is 11.5 Å². The number of aliphatic hydroxyl groups is 1. The van der Waals surface area contributed by atoms with E-state index in [0.29, 0.717) is 12.1 Å². The van der Waals surface area contributed by atoms with Crippen molar-refractivity contribution < 1.29 is 10.0 Å². The molecule has 106 valence electrons. The molecule has 2 unspecified atom stereocenters. The maximum atomic E-state index is 11.2. The van der Waals surface area contributed by atoms with Crippen molar-refractivity contribution in [3.8, 4) is 0 Å². The largest absolute Gasteiger partial charge is 0.391 e. The Bertz CT molecular complexity index is 504. The van der Waals surface area contributed by atoms with Crippen molar-refractivity contribution in [2.45, 2.75) is 57.6 Å². The van der Waals surface area contributed by atoms with Crippen LogP contribution in [-0.4, -0.2) is 25.9 Å². The third kappa shape index (κ3) is 2.30. The first-order valence-corrected chi connectivity index (χ1v) is 6.44. The van der Waals surface area contributed by atoms with Crippen LogP contribution in [-0.2, 0) is 5.41 Å². The first-order chi connectivity index (χ1) is 8.73. The summed E-state index contributed by atoms with van der Waals surface area (Å²) in [5.74, 6) is 0.0425. The molecule has 0 bridgehead atoms. The Balaban J connectivity index is 2.55. The van der Waals surface area contributed by atoms with Crippen LogP contribution < -0.4 is 5.73 Å². The third-order valence-electron chi connectivity index (χ3n) is 3.57. The van der Waals surface area contributed by atoms with Crippen molar-refractivity contribution in [2.24, 2.45) is 0 Å². The molecule has 2 atom stereocenters. The maximum absolute atomic E-state index is 11.2. The summed E-state index contributed by atoms with van der Waals surface area (Å²) in [6.07, 6.45) is 1.77. The van der Waals surface area contributed by atoms with Crippen LogP contribution in [0.5, 0.6) is 0 Å². The van der Waals surface area contributed by atoms with Gasteiger partial charge in [0, 0.05) is 5.41 Å². The highest BCUT2D eigenvalue weighted by molar-refractivity contribution is 5.58. The van der Waals surface area contributed by atoms with Crippen LogP contribution in [0.4, 0.5) is 11.5 Å². The number of hydrogen-bond acceptors (Lipinski definition) is 5. The average molecular weight is 268 g/mol. The molecule has 7 heteroatoms. The second-order valence-corrected chi connectivity index (χ2v) is 6.10. The normalized spacial score (nSPS) is 23.8. The zero-order valence-electron chi connectivity index (χ0n) is 11.5. The molecule has 1 aliphatic carbocycles. The van der Waals surface area contributed by atoms with Crippen molar-refractivity contribution in [3.05, 3.63) is 15.8 Å². The Morgan fingerprint density at radius 2 is 2.11 bits per heavy atom. The van der Waals surface area contributed by atoms with Crippen LogP contribution in [0.25, 0.3) is 0 Å². The Labute approximate surface area is 111 Å². The number of aliphatic hydroxyl groups excluding tert-OH is 1. The van der Waals surface area contributed by atoms with E-state index in [1.54, 1.807) is 0 Å². The van der Waals surface area contributed by atoms with Gasteiger partial charge in [-0.1, -0.05) is 20.8 Å². The zero-order valence-corrected chi connectivity index (χ0v) is 11.5. The highest BCUT2D eigenvalue weighted by atomic mass is 16.6.